The average Bonchev–Trinajstić information content (AvgIpc) is 3.05. The Morgan fingerprint density at radius 2 is 1.04 bits per heavy atom. The van der Waals surface area contributed by atoms with Crippen LogP contribution in [-0.2, 0) is 40.0 Å². The minimum atomic E-state index is -1.69. The maximum absolute atomic E-state index is 13.6. The predicted octanol–water partition coefficient (Wildman–Crippen LogP) is -4.44. The number of aromatic hydroxyl groups is 1. The number of aliphatic hydroxyl groups is 3. The SMILES string of the molecule is CC(C)[C@H](NC(=O)[C@H](CO)NC(=O)[C@H](CO)NC(=O)[C@@H](NC(=O)[C@H](Cc1ccc(O)cc1)NC(=O)[C@@H](NC(=O)CN)[C@@H](C)O)C(C)C)C(=O)O. The van der Waals surface area contributed by atoms with Crippen molar-refractivity contribution in [2.24, 2.45) is 17.6 Å². The smallest absolute Gasteiger partial charge is 0.326 e. The molecular formula is C31H49N7O12. The Bertz CT molecular complexity index is 1340. The molecule has 13 N–H and O–H groups in total. The Morgan fingerprint density at radius 3 is 1.48 bits per heavy atom. The second-order valence-corrected chi connectivity index (χ2v) is 12.2. The molecule has 1 rings (SSSR count). The quantitative estimate of drug-likeness (QED) is 0.0608. The van der Waals surface area contributed by atoms with E-state index in [1.54, 1.807) is 13.8 Å². The van der Waals surface area contributed by atoms with E-state index in [0.29, 0.717) is 5.56 Å². The van der Waals surface area contributed by atoms with Gasteiger partial charge in [-0.15, -0.1) is 0 Å². The van der Waals surface area contributed by atoms with Crippen LogP contribution in [0.5, 0.6) is 5.75 Å². The molecule has 0 radical (unpaired) electrons. The van der Waals surface area contributed by atoms with Gasteiger partial charge in [0.05, 0.1) is 25.9 Å². The molecule has 19 heteroatoms. The summed E-state index contributed by atoms with van der Waals surface area (Å²) in [4.78, 5) is 88.9. The number of phenolic OH excluding ortho intramolecular Hbond substituents is 1. The van der Waals surface area contributed by atoms with E-state index < -0.39 is 115 Å². The number of nitrogens with two attached hydrogens (primary N) is 1. The molecule has 0 aliphatic carbocycles. The van der Waals surface area contributed by atoms with E-state index >= 15 is 0 Å². The van der Waals surface area contributed by atoms with Gasteiger partial charge in [0, 0.05) is 6.42 Å². The number of carbonyl (C=O) groups excluding carboxylic acids is 6. The molecule has 6 amide bonds. The molecule has 0 bridgehead atoms. The van der Waals surface area contributed by atoms with Crippen molar-refractivity contribution in [3.63, 3.8) is 0 Å². The fraction of sp³-hybridized carbons (Fsp3) is 0.581. The number of phenols is 1. The number of aliphatic carboxylic acids is 1. The van der Waals surface area contributed by atoms with Gasteiger partial charge in [-0.2, -0.15) is 0 Å². The third-order valence-electron chi connectivity index (χ3n) is 7.38. The molecule has 0 aliphatic rings. The van der Waals surface area contributed by atoms with Crippen molar-refractivity contribution in [1.29, 1.82) is 0 Å². The molecule has 0 aromatic heterocycles. The Hall–Kier alpha value is -4.85. The first-order valence-electron chi connectivity index (χ1n) is 15.8. The van der Waals surface area contributed by atoms with Crippen LogP contribution in [0.15, 0.2) is 24.3 Å². The highest BCUT2D eigenvalue weighted by molar-refractivity contribution is 5.97. The number of aliphatic hydroxyl groups excluding tert-OH is 3. The van der Waals surface area contributed by atoms with Crippen LogP contribution < -0.4 is 37.6 Å². The molecule has 0 unspecified atom stereocenters. The van der Waals surface area contributed by atoms with Crippen molar-refractivity contribution in [3.05, 3.63) is 29.8 Å². The second kappa shape index (κ2) is 20.6. The molecule has 0 fully saturated rings. The Kier molecular flexibility index (Phi) is 17.8. The molecule has 0 spiro atoms. The first kappa shape index (κ1) is 43.2. The highest BCUT2D eigenvalue weighted by Gasteiger charge is 2.35. The van der Waals surface area contributed by atoms with E-state index in [9.17, 15) is 59.1 Å². The van der Waals surface area contributed by atoms with Crippen LogP contribution in [0.2, 0.25) is 0 Å². The third kappa shape index (κ3) is 13.6. The molecule has 1 aromatic carbocycles. The van der Waals surface area contributed by atoms with Gasteiger partial charge in [0.25, 0.3) is 0 Å². The van der Waals surface area contributed by atoms with Crippen LogP contribution in [-0.4, -0.2) is 129 Å². The van der Waals surface area contributed by atoms with Gasteiger partial charge in [-0.1, -0.05) is 39.8 Å². The minimum Gasteiger partial charge on any atom is -0.508 e. The average molecular weight is 712 g/mol. The third-order valence-corrected chi connectivity index (χ3v) is 7.38. The lowest BCUT2D eigenvalue weighted by Gasteiger charge is -2.28. The lowest BCUT2D eigenvalue weighted by molar-refractivity contribution is -0.144. The first-order valence-corrected chi connectivity index (χ1v) is 15.8. The zero-order valence-corrected chi connectivity index (χ0v) is 28.5. The van der Waals surface area contributed by atoms with Gasteiger partial charge in [0.1, 0.15) is 42.0 Å². The van der Waals surface area contributed by atoms with Crippen LogP contribution in [0.1, 0.15) is 40.2 Å². The van der Waals surface area contributed by atoms with E-state index in [2.05, 4.69) is 31.9 Å². The van der Waals surface area contributed by atoms with Crippen molar-refractivity contribution < 1.29 is 59.1 Å². The van der Waals surface area contributed by atoms with Gasteiger partial charge in [0.15, 0.2) is 0 Å². The van der Waals surface area contributed by atoms with Crippen molar-refractivity contribution in [2.75, 3.05) is 19.8 Å². The summed E-state index contributed by atoms with van der Waals surface area (Å²) < 4.78 is 0. The highest BCUT2D eigenvalue weighted by Crippen LogP contribution is 2.13. The summed E-state index contributed by atoms with van der Waals surface area (Å²) in [6, 6.07) is -3.29. The number of rotatable bonds is 20. The van der Waals surface area contributed by atoms with E-state index in [1.807, 2.05) is 0 Å². The summed E-state index contributed by atoms with van der Waals surface area (Å²) in [5.41, 5.74) is 5.77. The van der Waals surface area contributed by atoms with Gasteiger partial charge in [0.2, 0.25) is 35.4 Å². The molecular weight excluding hydrogens is 662 g/mol. The zero-order chi connectivity index (χ0) is 38.3. The lowest BCUT2D eigenvalue weighted by Crippen LogP contribution is -2.62. The summed E-state index contributed by atoms with van der Waals surface area (Å²) in [5.74, 6) is -8.28. The van der Waals surface area contributed by atoms with E-state index in [4.69, 9.17) is 5.73 Å². The summed E-state index contributed by atoms with van der Waals surface area (Å²) in [5, 5.41) is 62.5. The second-order valence-electron chi connectivity index (χ2n) is 12.2. The van der Waals surface area contributed by atoms with E-state index in [0.717, 1.165) is 0 Å². The standard InChI is InChI=1S/C31H49N7O12/c1-14(2)23(29(47)35-20(12-39)27(45)34-21(13-40)28(46)38-24(15(3)4)31(49)50)37-26(44)19(10-17-6-8-18(42)9-7-17)33-30(48)25(16(5)41)36-22(43)11-32/h6-9,14-16,19-21,23-25,39-42H,10-13,32H2,1-5H3,(H,33,48)(H,34,45)(H,35,47)(H,36,43)(H,37,44)(H,38,46)(H,49,50)/t16-,19+,20+,21+,23+,24+,25+/m1/s1. The van der Waals surface area contributed by atoms with Crippen LogP contribution in [0.3, 0.4) is 0 Å². The number of carboxylic acid groups (broad SMARTS) is 1. The minimum absolute atomic E-state index is 0.0672. The van der Waals surface area contributed by atoms with Gasteiger partial charge in [-0.05, 0) is 36.5 Å². The Morgan fingerprint density at radius 1 is 0.620 bits per heavy atom. The lowest BCUT2D eigenvalue weighted by atomic mass is 10.00. The number of hydrogen-bond donors (Lipinski definition) is 12. The molecule has 0 heterocycles. The highest BCUT2D eigenvalue weighted by atomic mass is 16.4. The van der Waals surface area contributed by atoms with E-state index in [1.165, 1.54) is 45.0 Å². The van der Waals surface area contributed by atoms with Crippen molar-refractivity contribution in [3.8, 4) is 5.75 Å². The van der Waals surface area contributed by atoms with Crippen LogP contribution in [0.25, 0.3) is 0 Å². The molecule has 19 nitrogen and oxygen atoms in total. The van der Waals surface area contributed by atoms with Crippen LogP contribution in [0.4, 0.5) is 0 Å². The fourth-order valence-electron chi connectivity index (χ4n) is 4.45. The maximum atomic E-state index is 13.6. The maximum Gasteiger partial charge on any atom is 0.326 e. The Balaban J connectivity index is 3.20. The zero-order valence-electron chi connectivity index (χ0n) is 28.5. The van der Waals surface area contributed by atoms with Crippen molar-refractivity contribution in [1.82, 2.24) is 31.9 Å². The molecule has 1 aromatic rings. The van der Waals surface area contributed by atoms with Gasteiger partial charge < -0.3 is 63.2 Å². The topological polar surface area (TPSA) is 319 Å². The van der Waals surface area contributed by atoms with Gasteiger partial charge >= 0.3 is 5.97 Å². The number of benzene rings is 1. The van der Waals surface area contributed by atoms with Crippen LogP contribution in [0, 0.1) is 11.8 Å². The summed E-state index contributed by atoms with van der Waals surface area (Å²) in [6.07, 6.45) is -1.57. The van der Waals surface area contributed by atoms with E-state index in [-0.39, 0.29) is 12.2 Å². The summed E-state index contributed by atoms with van der Waals surface area (Å²) in [7, 11) is 0. The summed E-state index contributed by atoms with van der Waals surface area (Å²) in [6.45, 7) is 5.00. The van der Waals surface area contributed by atoms with Gasteiger partial charge in [-0.3, -0.25) is 28.8 Å². The Labute approximate surface area is 288 Å². The molecule has 0 aliphatic heterocycles. The number of carboxylic acids is 1. The molecule has 0 saturated heterocycles. The monoisotopic (exact) mass is 711 g/mol. The van der Waals surface area contributed by atoms with Crippen molar-refractivity contribution >= 4 is 41.4 Å². The number of hydrogen-bond acceptors (Lipinski definition) is 12. The fourth-order valence-corrected chi connectivity index (χ4v) is 4.45. The first-order chi connectivity index (χ1) is 23.4. The van der Waals surface area contributed by atoms with Crippen molar-refractivity contribution in [2.45, 2.75) is 83.4 Å². The normalized spacial score (nSPS) is 15.3. The number of nitrogens with one attached hydrogen (secondary N) is 6. The molecule has 0 saturated carbocycles. The molecule has 7 atom stereocenters. The van der Waals surface area contributed by atoms with Crippen LogP contribution >= 0.6 is 0 Å². The molecule has 280 valence electrons. The largest absolute Gasteiger partial charge is 0.508 e. The number of amides is 6. The van der Waals surface area contributed by atoms with Gasteiger partial charge in [-0.25, -0.2) is 4.79 Å². The summed E-state index contributed by atoms with van der Waals surface area (Å²) >= 11 is 0. The predicted molar refractivity (Wildman–Crippen MR) is 176 cm³/mol. The molecule has 50 heavy (non-hydrogen) atoms. The number of carbonyl (C=O) groups is 7.